The van der Waals surface area contributed by atoms with Gasteiger partial charge in [-0.2, -0.15) is 0 Å². The van der Waals surface area contributed by atoms with Gasteiger partial charge in [0.15, 0.2) is 0 Å². The molecule has 2 aromatic rings. The fourth-order valence-corrected chi connectivity index (χ4v) is 3.27. The zero-order valence-corrected chi connectivity index (χ0v) is 15.5. The summed E-state index contributed by atoms with van der Waals surface area (Å²) in [6, 6.07) is 5.73. The molecule has 1 amide bonds. The molecule has 0 saturated carbocycles. The van der Waals surface area contributed by atoms with Crippen molar-refractivity contribution in [3.8, 4) is 0 Å². The molecule has 0 aliphatic carbocycles. The van der Waals surface area contributed by atoms with E-state index in [0.29, 0.717) is 5.69 Å². The Labute approximate surface area is 150 Å². The van der Waals surface area contributed by atoms with Gasteiger partial charge >= 0.3 is 0 Å². The van der Waals surface area contributed by atoms with Gasteiger partial charge in [-0.05, 0) is 49.4 Å². The lowest BCUT2D eigenvalue weighted by atomic mass is 9.99. The van der Waals surface area contributed by atoms with Crippen LogP contribution >= 0.6 is 15.9 Å². The number of aromatic nitrogens is 2. The van der Waals surface area contributed by atoms with Gasteiger partial charge in [0.2, 0.25) is 0 Å². The molecule has 1 aromatic carbocycles. The molecule has 0 radical (unpaired) electrons. The molecular weight excluding hydrogens is 368 g/mol. The number of piperidine rings is 1. The molecule has 0 unspecified atom stereocenters. The predicted molar refractivity (Wildman–Crippen MR) is 99.5 cm³/mol. The highest BCUT2D eigenvalue weighted by Crippen LogP contribution is 2.22. The van der Waals surface area contributed by atoms with Crippen molar-refractivity contribution in [2.24, 2.45) is 5.92 Å². The van der Waals surface area contributed by atoms with E-state index in [4.69, 9.17) is 0 Å². The minimum absolute atomic E-state index is 0.244. The molecule has 1 saturated heterocycles. The van der Waals surface area contributed by atoms with Crippen LogP contribution in [0.5, 0.6) is 0 Å². The average molecular weight is 389 g/mol. The Bertz CT molecular complexity index is 724. The van der Waals surface area contributed by atoms with Gasteiger partial charge in [-0.1, -0.05) is 22.9 Å². The van der Waals surface area contributed by atoms with Crippen LogP contribution < -0.4 is 10.2 Å². The van der Waals surface area contributed by atoms with Crippen molar-refractivity contribution in [2.75, 3.05) is 23.3 Å². The molecule has 0 bridgehead atoms. The number of halogens is 1. The number of anilines is 2. The summed E-state index contributed by atoms with van der Waals surface area (Å²) in [7, 11) is 0. The van der Waals surface area contributed by atoms with Crippen molar-refractivity contribution in [3.63, 3.8) is 0 Å². The fourth-order valence-electron chi connectivity index (χ4n) is 2.79. The largest absolute Gasteiger partial charge is 0.355 e. The average Bonchev–Trinajstić information content (AvgIpc) is 2.58. The van der Waals surface area contributed by atoms with Crippen LogP contribution in [0.3, 0.4) is 0 Å². The number of carbonyl (C=O) groups excluding carboxylic acids is 1. The number of amides is 1. The number of aryl methyl sites for hydroxylation is 1. The molecular formula is C18H21BrN4O. The summed E-state index contributed by atoms with van der Waals surface area (Å²) in [5, 5.41) is 2.88. The number of rotatable bonds is 3. The Balaban J connectivity index is 1.67. The number of benzene rings is 1. The number of carbonyl (C=O) groups is 1. The van der Waals surface area contributed by atoms with E-state index in [9.17, 15) is 4.79 Å². The molecule has 126 valence electrons. The molecule has 3 rings (SSSR count). The summed E-state index contributed by atoms with van der Waals surface area (Å²) in [4.78, 5) is 23.3. The molecule has 2 heterocycles. The number of nitrogens with zero attached hydrogens (tertiary/aromatic N) is 3. The maximum Gasteiger partial charge on any atom is 0.275 e. The van der Waals surface area contributed by atoms with E-state index in [1.807, 2.05) is 25.1 Å². The Morgan fingerprint density at radius 2 is 2.00 bits per heavy atom. The first-order valence-corrected chi connectivity index (χ1v) is 8.97. The first-order chi connectivity index (χ1) is 11.5. The van der Waals surface area contributed by atoms with E-state index < -0.39 is 0 Å². The van der Waals surface area contributed by atoms with Gasteiger partial charge in [0.05, 0.1) is 12.4 Å². The Kier molecular flexibility index (Phi) is 5.14. The molecule has 1 aliphatic rings. The highest BCUT2D eigenvalue weighted by Gasteiger charge is 2.18. The summed E-state index contributed by atoms with van der Waals surface area (Å²) in [5.74, 6) is 1.37. The summed E-state index contributed by atoms with van der Waals surface area (Å²) in [5.41, 5.74) is 2.09. The van der Waals surface area contributed by atoms with Gasteiger partial charge < -0.3 is 10.2 Å². The maximum absolute atomic E-state index is 12.3. The van der Waals surface area contributed by atoms with Crippen LogP contribution in [0.15, 0.2) is 35.1 Å². The molecule has 6 heteroatoms. The summed E-state index contributed by atoms with van der Waals surface area (Å²) in [6.45, 7) is 6.23. The first kappa shape index (κ1) is 16.9. The van der Waals surface area contributed by atoms with Gasteiger partial charge in [0, 0.05) is 23.2 Å². The molecule has 0 atom stereocenters. The zero-order valence-electron chi connectivity index (χ0n) is 13.9. The van der Waals surface area contributed by atoms with Crippen molar-refractivity contribution in [3.05, 3.63) is 46.3 Å². The second-order valence-electron chi connectivity index (χ2n) is 6.34. The predicted octanol–water partition coefficient (Wildman–Crippen LogP) is 4.04. The summed E-state index contributed by atoms with van der Waals surface area (Å²) >= 11 is 3.42. The molecule has 1 fully saturated rings. The number of hydrogen-bond donors (Lipinski definition) is 1. The normalized spacial score (nSPS) is 15.4. The SMILES string of the molecule is Cc1cc(Br)ccc1NC(=O)c1cnc(N2CCC(C)CC2)cn1. The van der Waals surface area contributed by atoms with Crippen molar-refractivity contribution in [2.45, 2.75) is 26.7 Å². The van der Waals surface area contributed by atoms with Gasteiger partial charge in [0.25, 0.3) is 5.91 Å². The van der Waals surface area contributed by atoms with Crippen LogP contribution in [-0.2, 0) is 0 Å². The lowest BCUT2D eigenvalue weighted by molar-refractivity contribution is 0.102. The van der Waals surface area contributed by atoms with Crippen LogP contribution in [-0.4, -0.2) is 29.0 Å². The Morgan fingerprint density at radius 3 is 2.62 bits per heavy atom. The van der Waals surface area contributed by atoms with Gasteiger partial charge in [0.1, 0.15) is 11.5 Å². The third kappa shape index (κ3) is 3.93. The summed E-state index contributed by atoms with van der Waals surface area (Å²) < 4.78 is 0.984. The lowest BCUT2D eigenvalue weighted by Crippen LogP contribution is -2.33. The summed E-state index contributed by atoms with van der Waals surface area (Å²) in [6.07, 6.45) is 5.59. The third-order valence-electron chi connectivity index (χ3n) is 4.42. The number of hydrogen-bond acceptors (Lipinski definition) is 4. The van der Waals surface area contributed by atoms with E-state index in [0.717, 1.165) is 40.5 Å². The molecule has 1 aliphatic heterocycles. The molecule has 1 N–H and O–H groups in total. The Hall–Kier alpha value is -1.95. The highest BCUT2D eigenvalue weighted by atomic mass is 79.9. The third-order valence-corrected chi connectivity index (χ3v) is 4.91. The van der Waals surface area contributed by atoms with E-state index in [1.54, 1.807) is 12.4 Å². The Morgan fingerprint density at radius 1 is 1.25 bits per heavy atom. The van der Waals surface area contributed by atoms with E-state index >= 15 is 0 Å². The van der Waals surface area contributed by atoms with Crippen LogP contribution in [0.1, 0.15) is 35.8 Å². The lowest BCUT2D eigenvalue weighted by Gasteiger charge is -2.30. The van der Waals surface area contributed by atoms with Crippen molar-refractivity contribution < 1.29 is 4.79 Å². The van der Waals surface area contributed by atoms with Crippen LogP contribution in [0.2, 0.25) is 0 Å². The van der Waals surface area contributed by atoms with E-state index in [2.05, 4.69) is 43.0 Å². The topological polar surface area (TPSA) is 58.1 Å². The van der Waals surface area contributed by atoms with Gasteiger partial charge in [-0.25, -0.2) is 9.97 Å². The molecule has 5 nitrogen and oxygen atoms in total. The second kappa shape index (κ2) is 7.30. The molecule has 24 heavy (non-hydrogen) atoms. The van der Waals surface area contributed by atoms with E-state index in [-0.39, 0.29) is 5.91 Å². The van der Waals surface area contributed by atoms with Crippen molar-refractivity contribution in [1.29, 1.82) is 0 Å². The van der Waals surface area contributed by atoms with Crippen molar-refractivity contribution >= 4 is 33.3 Å². The van der Waals surface area contributed by atoms with Gasteiger partial charge in [-0.15, -0.1) is 0 Å². The van der Waals surface area contributed by atoms with Crippen molar-refractivity contribution in [1.82, 2.24) is 9.97 Å². The first-order valence-electron chi connectivity index (χ1n) is 8.17. The standard InChI is InChI=1S/C18H21BrN4O/c1-12-5-7-23(8-6-12)17-11-20-16(10-21-17)18(24)22-15-4-3-14(19)9-13(15)2/h3-4,9-12H,5-8H2,1-2H3,(H,22,24). The fraction of sp³-hybridized carbons (Fsp3) is 0.389. The maximum atomic E-state index is 12.3. The van der Waals surface area contributed by atoms with Crippen LogP contribution in [0, 0.1) is 12.8 Å². The van der Waals surface area contributed by atoms with Crippen LogP contribution in [0.4, 0.5) is 11.5 Å². The molecule has 1 aromatic heterocycles. The smallest absolute Gasteiger partial charge is 0.275 e. The second-order valence-corrected chi connectivity index (χ2v) is 7.26. The van der Waals surface area contributed by atoms with E-state index in [1.165, 1.54) is 12.8 Å². The monoisotopic (exact) mass is 388 g/mol. The highest BCUT2D eigenvalue weighted by molar-refractivity contribution is 9.10. The quantitative estimate of drug-likeness (QED) is 0.861. The molecule has 0 spiro atoms. The minimum atomic E-state index is -0.244. The van der Waals surface area contributed by atoms with Crippen LogP contribution in [0.25, 0.3) is 0 Å². The minimum Gasteiger partial charge on any atom is -0.355 e. The zero-order chi connectivity index (χ0) is 17.1. The number of nitrogens with one attached hydrogen (secondary N) is 1. The van der Waals surface area contributed by atoms with Gasteiger partial charge in [-0.3, -0.25) is 4.79 Å².